The normalized spacial score (nSPS) is 10.1. The van der Waals surface area contributed by atoms with Crippen LogP contribution >= 0.6 is 12.2 Å². The summed E-state index contributed by atoms with van der Waals surface area (Å²) < 4.78 is 0. The summed E-state index contributed by atoms with van der Waals surface area (Å²) >= 11 is 4.75. The third-order valence-electron chi connectivity index (χ3n) is 1.80. The SMILES string of the molecule is CCCCCc1c[nH]c(C=S)n1. The lowest BCUT2D eigenvalue weighted by Crippen LogP contribution is -1.86. The fraction of sp³-hybridized carbons (Fsp3) is 0.556. The zero-order valence-corrected chi connectivity index (χ0v) is 8.16. The van der Waals surface area contributed by atoms with Gasteiger partial charge in [0, 0.05) is 11.6 Å². The van der Waals surface area contributed by atoms with E-state index in [4.69, 9.17) is 12.2 Å². The van der Waals surface area contributed by atoms with E-state index in [1.54, 1.807) is 5.37 Å². The van der Waals surface area contributed by atoms with E-state index in [0.29, 0.717) is 0 Å². The van der Waals surface area contributed by atoms with Crippen molar-refractivity contribution in [1.82, 2.24) is 9.97 Å². The number of aromatic amines is 1. The number of H-pyrrole nitrogens is 1. The van der Waals surface area contributed by atoms with Crippen LogP contribution < -0.4 is 0 Å². The van der Waals surface area contributed by atoms with Crippen LogP contribution in [0.3, 0.4) is 0 Å². The molecule has 0 bridgehead atoms. The van der Waals surface area contributed by atoms with E-state index >= 15 is 0 Å². The summed E-state index contributed by atoms with van der Waals surface area (Å²) in [5.74, 6) is 0.802. The minimum Gasteiger partial charge on any atom is -0.344 e. The van der Waals surface area contributed by atoms with Crippen molar-refractivity contribution in [3.05, 3.63) is 17.7 Å². The number of nitrogens with zero attached hydrogens (tertiary/aromatic N) is 1. The third kappa shape index (κ3) is 2.74. The topological polar surface area (TPSA) is 28.7 Å². The first-order valence-corrected chi connectivity index (χ1v) is 4.83. The van der Waals surface area contributed by atoms with E-state index in [0.717, 1.165) is 17.9 Å². The first kappa shape index (κ1) is 9.39. The lowest BCUT2D eigenvalue weighted by molar-refractivity contribution is 0.709. The fourth-order valence-electron chi connectivity index (χ4n) is 1.12. The van der Waals surface area contributed by atoms with Gasteiger partial charge in [-0.25, -0.2) is 4.98 Å². The van der Waals surface area contributed by atoms with Crippen LogP contribution in [-0.2, 0) is 6.42 Å². The van der Waals surface area contributed by atoms with Gasteiger partial charge in [0.2, 0.25) is 0 Å². The summed E-state index contributed by atoms with van der Waals surface area (Å²) in [7, 11) is 0. The maximum Gasteiger partial charge on any atom is 0.141 e. The number of unbranched alkanes of at least 4 members (excludes halogenated alkanes) is 2. The van der Waals surface area contributed by atoms with Crippen LogP contribution in [0.25, 0.3) is 0 Å². The molecule has 0 saturated heterocycles. The predicted molar refractivity (Wildman–Crippen MR) is 54.6 cm³/mol. The minimum absolute atomic E-state index is 0.802. The van der Waals surface area contributed by atoms with Gasteiger partial charge in [0.25, 0.3) is 0 Å². The average Bonchev–Trinajstić information content (AvgIpc) is 2.53. The Kier molecular flexibility index (Phi) is 3.94. The highest BCUT2D eigenvalue weighted by molar-refractivity contribution is 7.79. The Morgan fingerprint density at radius 3 is 3.00 bits per heavy atom. The Hall–Kier alpha value is -0.700. The van der Waals surface area contributed by atoms with Crippen LogP contribution in [0.1, 0.15) is 37.7 Å². The van der Waals surface area contributed by atoms with Crippen molar-refractivity contribution < 1.29 is 0 Å². The van der Waals surface area contributed by atoms with E-state index < -0.39 is 0 Å². The maximum absolute atomic E-state index is 4.75. The zero-order chi connectivity index (χ0) is 8.81. The van der Waals surface area contributed by atoms with Crippen molar-refractivity contribution in [2.75, 3.05) is 0 Å². The molecule has 0 aliphatic rings. The molecule has 0 aromatic carbocycles. The summed E-state index contributed by atoms with van der Waals surface area (Å²) in [6, 6.07) is 0. The first-order chi connectivity index (χ1) is 5.86. The highest BCUT2D eigenvalue weighted by Gasteiger charge is 1.97. The summed E-state index contributed by atoms with van der Waals surface area (Å²) in [4.78, 5) is 7.30. The quantitative estimate of drug-likeness (QED) is 0.560. The van der Waals surface area contributed by atoms with Gasteiger partial charge in [0.1, 0.15) is 5.82 Å². The Morgan fingerprint density at radius 1 is 1.58 bits per heavy atom. The summed E-state index contributed by atoms with van der Waals surface area (Å²) in [6.07, 6.45) is 6.75. The molecule has 0 amide bonds. The minimum atomic E-state index is 0.802. The number of aromatic nitrogens is 2. The molecule has 3 heteroatoms. The average molecular weight is 182 g/mol. The highest BCUT2D eigenvalue weighted by atomic mass is 32.1. The van der Waals surface area contributed by atoms with Gasteiger partial charge in [-0.1, -0.05) is 32.0 Å². The molecule has 0 aliphatic carbocycles. The Bertz CT molecular complexity index is 242. The van der Waals surface area contributed by atoms with Crippen LogP contribution in [0.15, 0.2) is 6.20 Å². The van der Waals surface area contributed by atoms with Crippen molar-refractivity contribution in [2.24, 2.45) is 0 Å². The molecule has 0 aliphatic heterocycles. The Labute approximate surface area is 78.4 Å². The fourth-order valence-corrected chi connectivity index (χ4v) is 1.24. The second-order valence-electron chi connectivity index (χ2n) is 2.85. The van der Waals surface area contributed by atoms with Crippen LogP contribution in [-0.4, -0.2) is 15.3 Å². The van der Waals surface area contributed by atoms with Crippen LogP contribution in [0.4, 0.5) is 0 Å². The number of aryl methyl sites for hydroxylation is 1. The van der Waals surface area contributed by atoms with E-state index in [9.17, 15) is 0 Å². The molecule has 0 saturated carbocycles. The van der Waals surface area contributed by atoms with Gasteiger partial charge in [0.05, 0.1) is 5.69 Å². The summed E-state index contributed by atoms with van der Waals surface area (Å²) in [5.41, 5.74) is 1.12. The second-order valence-corrected chi connectivity index (χ2v) is 3.09. The first-order valence-electron chi connectivity index (χ1n) is 4.36. The number of nitrogens with one attached hydrogen (secondary N) is 1. The Morgan fingerprint density at radius 2 is 2.42 bits per heavy atom. The van der Waals surface area contributed by atoms with Crippen molar-refractivity contribution in [1.29, 1.82) is 0 Å². The molecule has 12 heavy (non-hydrogen) atoms. The monoisotopic (exact) mass is 182 g/mol. The summed E-state index contributed by atoms with van der Waals surface area (Å²) in [6.45, 7) is 2.20. The molecule has 0 fully saturated rings. The van der Waals surface area contributed by atoms with Gasteiger partial charge in [-0.15, -0.1) is 0 Å². The number of rotatable bonds is 5. The molecule has 1 aromatic rings. The molecule has 0 spiro atoms. The molecule has 1 N–H and O–H groups in total. The third-order valence-corrected chi connectivity index (χ3v) is 2.02. The Balaban J connectivity index is 2.36. The van der Waals surface area contributed by atoms with Crippen LogP contribution in [0.5, 0.6) is 0 Å². The number of imidazole rings is 1. The van der Waals surface area contributed by atoms with Crippen LogP contribution in [0.2, 0.25) is 0 Å². The summed E-state index contributed by atoms with van der Waals surface area (Å²) in [5, 5.41) is 1.57. The van der Waals surface area contributed by atoms with E-state index in [-0.39, 0.29) is 0 Å². The van der Waals surface area contributed by atoms with Crippen molar-refractivity contribution in [3.63, 3.8) is 0 Å². The largest absolute Gasteiger partial charge is 0.344 e. The van der Waals surface area contributed by atoms with E-state index in [1.807, 2.05) is 6.20 Å². The molecular weight excluding hydrogens is 168 g/mol. The van der Waals surface area contributed by atoms with Gasteiger partial charge < -0.3 is 4.98 Å². The van der Waals surface area contributed by atoms with Gasteiger partial charge in [-0.3, -0.25) is 0 Å². The van der Waals surface area contributed by atoms with Gasteiger partial charge in [-0.2, -0.15) is 0 Å². The molecule has 1 aromatic heterocycles. The van der Waals surface area contributed by atoms with Gasteiger partial charge in [-0.05, 0) is 12.8 Å². The van der Waals surface area contributed by atoms with Crippen molar-refractivity contribution in [3.8, 4) is 0 Å². The maximum atomic E-state index is 4.75. The van der Waals surface area contributed by atoms with Gasteiger partial charge in [0.15, 0.2) is 0 Å². The van der Waals surface area contributed by atoms with Crippen molar-refractivity contribution in [2.45, 2.75) is 32.6 Å². The smallest absolute Gasteiger partial charge is 0.141 e. The molecule has 1 heterocycles. The standard InChI is InChI=1S/C9H14N2S/c1-2-3-4-5-8-6-10-9(7-12)11-8/h6-7H,2-5H2,1H3,(H,10,11). The molecule has 2 nitrogen and oxygen atoms in total. The van der Waals surface area contributed by atoms with E-state index in [2.05, 4.69) is 16.9 Å². The van der Waals surface area contributed by atoms with Crippen molar-refractivity contribution >= 4 is 17.6 Å². The lowest BCUT2D eigenvalue weighted by Gasteiger charge is -1.93. The zero-order valence-electron chi connectivity index (χ0n) is 7.34. The van der Waals surface area contributed by atoms with Crippen LogP contribution in [0, 0.1) is 0 Å². The molecule has 0 atom stereocenters. The number of hydrogen-bond donors (Lipinski definition) is 1. The second kappa shape index (κ2) is 5.04. The predicted octanol–water partition coefficient (Wildman–Crippen LogP) is 2.49. The number of hydrogen-bond acceptors (Lipinski definition) is 2. The highest BCUT2D eigenvalue weighted by Crippen LogP contribution is 2.03. The number of thiocarbonyl (C=S) groups is 1. The lowest BCUT2D eigenvalue weighted by atomic mass is 10.2. The molecule has 1 rings (SSSR count). The molecule has 66 valence electrons. The van der Waals surface area contributed by atoms with Gasteiger partial charge >= 0.3 is 0 Å². The molecule has 0 unspecified atom stereocenters. The molecular formula is C9H14N2S. The molecule has 0 radical (unpaired) electrons. The van der Waals surface area contributed by atoms with E-state index in [1.165, 1.54) is 19.3 Å².